The van der Waals surface area contributed by atoms with Crippen molar-refractivity contribution in [3.8, 4) is 5.75 Å². The number of nitrogens with two attached hydrogens (primary N) is 1. The normalized spacial score (nSPS) is 13.6. The van der Waals surface area contributed by atoms with Crippen molar-refractivity contribution in [1.29, 1.82) is 0 Å². The van der Waals surface area contributed by atoms with E-state index in [1.54, 1.807) is 7.11 Å². The second-order valence-electron chi connectivity index (χ2n) is 4.96. The first-order valence-electron chi connectivity index (χ1n) is 6.81. The van der Waals surface area contributed by atoms with Crippen molar-refractivity contribution in [2.45, 2.75) is 19.0 Å². The summed E-state index contributed by atoms with van der Waals surface area (Å²) in [5, 5.41) is 0. The molecule has 0 spiro atoms. The molecule has 2 atom stereocenters. The topological polar surface area (TPSA) is 38.5 Å². The Morgan fingerprint density at radius 1 is 1.00 bits per heavy atom. The summed E-state index contributed by atoms with van der Waals surface area (Å²) < 4.78 is 5.42. The van der Waals surface area contributed by atoms with Gasteiger partial charge in [-0.2, -0.15) is 0 Å². The fourth-order valence-corrected chi connectivity index (χ4v) is 2.34. The molecule has 2 unspecified atom stereocenters. The molecule has 0 aromatic heterocycles. The van der Waals surface area contributed by atoms with E-state index in [2.05, 4.69) is 24.0 Å². The first-order chi connectivity index (χ1) is 9.65. The van der Waals surface area contributed by atoms with Crippen LogP contribution in [0.2, 0.25) is 0 Å². The summed E-state index contributed by atoms with van der Waals surface area (Å²) >= 11 is 0. The summed E-state index contributed by atoms with van der Waals surface area (Å²) in [5.41, 5.74) is 8.58. The zero-order valence-corrected chi connectivity index (χ0v) is 12.3. The number of nitrogens with zero attached hydrogens (tertiary/aromatic N) is 1. The lowest BCUT2D eigenvalue weighted by Gasteiger charge is -2.32. The number of hydrogen-bond acceptors (Lipinski definition) is 3. The van der Waals surface area contributed by atoms with Gasteiger partial charge in [0.05, 0.1) is 12.8 Å². The molecular formula is C17H22N2O. The highest BCUT2D eigenvalue weighted by Crippen LogP contribution is 2.30. The molecule has 0 fully saturated rings. The van der Waals surface area contributed by atoms with E-state index in [9.17, 15) is 0 Å². The molecule has 0 aliphatic rings. The third-order valence-corrected chi connectivity index (χ3v) is 3.78. The highest BCUT2D eigenvalue weighted by molar-refractivity contribution is 5.58. The van der Waals surface area contributed by atoms with Crippen LogP contribution in [-0.2, 0) is 0 Å². The van der Waals surface area contributed by atoms with Crippen LogP contribution in [0.3, 0.4) is 0 Å². The van der Waals surface area contributed by atoms with Crippen molar-refractivity contribution in [2.75, 3.05) is 19.1 Å². The maximum atomic E-state index is 6.39. The predicted octanol–water partition coefficient (Wildman–Crippen LogP) is 3.22. The minimum Gasteiger partial charge on any atom is -0.495 e. The summed E-state index contributed by atoms with van der Waals surface area (Å²) in [7, 11) is 3.74. The van der Waals surface area contributed by atoms with E-state index in [1.165, 1.54) is 0 Å². The molecule has 0 saturated carbocycles. The van der Waals surface area contributed by atoms with Gasteiger partial charge in [0.25, 0.3) is 0 Å². The van der Waals surface area contributed by atoms with Gasteiger partial charge in [-0.05, 0) is 24.6 Å². The molecule has 0 saturated heterocycles. The van der Waals surface area contributed by atoms with Crippen molar-refractivity contribution in [3.63, 3.8) is 0 Å². The van der Waals surface area contributed by atoms with Crippen LogP contribution in [-0.4, -0.2) is 20.2 Å². The monoisotopic (exact) mass is 270 g/mol. The highest BCUT2D eigenvalue weighted by atomic mass is 16.5. The first kappa shape index (κ1) is 14.4. The molecule has 0 radical (unpaired) electrons. The third-order valence-electron chi connectivity index (χ3n) is 3.78. The van der Waals surface area contributed by atoms with Gasteiger partial charge in [-0.3, -0.25) is 0 Å². The summed E-state index contributed by atoms with van der Waals surface area (Å²) in [6, 6.07) is 18.3. The summed E-state index contributed by atoms with van der Waals surface area (Å²) in [4.78, 5) is 2.16. The van der Waals surface area contributed by atoms with Gasteiger partial charge < -0.3 is 15.4 Å². The van der Waals surface area contributed by atoms with Gasteiger partial charge in [-0.25, -0.2) is 0 Å². The van der Waals surface area contributed by atoms with E-state index in [0.29, 0.717) is 0 Å². The first-order valence-corrected chi connectivity index (χ1v) is 6.81. The highest BCUT2D eigenvalue weighted by Gasteiger charge is 2.21. The molecule has 3 nitrogen and oxygen atoms in total. The van der Waals surface area contributed by atoms with E-state index in [4.69, 9.17) is 10.5 Å². The van der Waals surface area contributed by atoms with Crippen LogP contribution in [0.15, 0.2) is 54.6 Å². The van der Waals surface area contributed by atoms with Crippen LogP contribution in [0.25, 0.3) is 0 Å². The van der Waals surface area contributed by atoms with Gasteiger partial charge in [0.2, 0.25) is 0 Å². The molecule has 0 heterocycles. The summed E-state index contributed by atoms with van der Waals surface area (Å²) in [5.74, 6) is 0.863. The zero-order valence-electron chi connectivity index (χ0n) is 12.3. The van der Waals surface area contributed by atoms with Gasteiger partial charge in [0, 0.05) is 19.1 Å². The van der Waals surface area contributed by atoms with Crippen LogP contribution < -0.4 is 15.4 Å². The Kier molecular flexibility index (Phi) is 4.64. The van der Waals surface area contributed by atoms with E-state index in [0.717, 1.165) is 17.0 Å². The SMILES string of the molecule is COc1ccccc1N(C)C(C)C(N)c1ccccc1. The standard InChI is InChI=1S/C17H22N2O/c1-13(17(18)14-9-5-4-6-10-14)19(2)15-11-7-8-12-16(15)20-3/h4-13,17H,18H2,1-3H3. The lowest BCUT2D eigenvalue weighted by atomic mass is 10.00. The fourth-order valence-electron chi connectivity index (χ4n) is 2.34. The lowest BCUT2D eigenvalue weighted by Crippen LogP contribution is -2.38. The number of methoxy groups -OCH3 is 1. The number of para-hydroxylation sites is 2. The van der Waals surface area contributed by atoms with Gasteiger partial charge >= 0.3 is 0 Å². The molecule has 2 rings (SSSR count). The quantitative estimate of drug-likeness (QED) is 0.906. The van der Waals surface area contributed by atoms with Crippen LogP contribution in [0, 0.1) is 0 Å². The number of benzene rings is 2. The van der Waals surface area contributed by atoms with Crippen molar-refractivity contribution in [1.82, 2.24) is 0 Å². The maximum absolute atomic E-state index is 6.39. The fraction of sp³-hybridized carbons (Fsp3) is 0.294. The van der Waals surface area contributed by atoms with E-state index in [-0.39, 0.29) is 12.1 Å². The minimum absolute atomic E-state index is 0.0499. The van der Waals surface area contributed by atoms with Crippen molar-refractivity contribution < 1.29 is 4.74 Å². The van der Waals surface area contributed by atoms with Crippen molar-refractivity contribution in [2.24, 2.45) is 5.73 Å². The molecule has 106 valence electrons. The molecule has 0 amide bonds. The molecule has 2 N–H and O–H groups in total. The van der Waals surface area contributed by atoms with Crippen LogP contribution in [0.4, 0.5) is 5.69 Å². The molecule has 0 bridgehead atoms. The molecule has 0 aliphatic heterocycles. The van der Waals surface area contributed by atoms with Crippen molar-refractivity contribution >= 4 is 5.69 Å². The Balaban J connectivity index is 2.22. The Morgan fingerprint density at radius 2 is 1.60 bits per heavy atom. The van der Waals surface area contributed by atoms with Crippen LogP contribution in [0.5, 0.6) is 5.75 Å². The largest absolute Gasteiger partial charge is 0.495 e. The van der Waals surface area contributed by atoms with Crippen molar-refractivity contribution in [3.05, 3.63) is 60.2 Å². The molecular weight excluding hydrogens is 248 g/mol. The second kappa shape index (κ2) is 6.44. The Hall–Kier alpha value is -2.00. The molecule has 0 aliphatic carbocycles. The summed E-state index contributed by atoms with van der Waals surface area (Å²) in [6.07, 6.45) is 0. The Labute approximate surface area is 121 Å². The predicted molar refractivity (Wildman–Crippen MR) is 84.2 cm³/mol. The molecule has 2 aromatic rings. The average Bonchev–Trinajstić information content (AvgIpc) is 2.53. The number of anilines is 1. The van der Waals surface area contributed by atoms with E-state index in [1.807, 2.05) is 49.5 Å². The van der Waals surface area contributed by atoms with Crippen LogP contribution in [0.1, 0.15) is 18.5 Å². The number of hydrogen-bond donors (Lipinski definition) is 1. The number of rotatable bonds is 5. The lowest BCUT2D eigenvalue weighted by molar-refractivity contribution is 0.412. The summed E-state index contributed by atoms with van der Waals surface area (Å²) in [6.45, 7) is 2.13. The second-order valence-corrected chi connectivity index (χ2v) is 4.96. The van der Waals surface area contributed by atoms with E-state index < -0.39 is 0 Å². The molecule has 3 heteroatoms. The minimum atomic E-state index is -0.0499. The smallest absolute Gasteiger partial charge is 0.142 e. The number of ether oxygens (including phenoxy) is 1. The molecule has 2 aromatic carbocycles. The van der Waals surface area contributed by atoms with Crippen LogP contribution >= 0.6 is 0 Å². The van der Waals surface area contributed by atoms with Gasteiger partial charge in [-0.1, -0.05) is 42.5 Å². The average molecular weight is 270 g/mol. The third kappa shape index (κ3) is 2.94. The zero-order chi connectivity index (χ0) is 14.5. The maximum Gasteiger partial charge on any atom is 0.142 e. The Morgan fingerprint density at radius 3 is 2.25 bits per heavy atom. The van der Waals surface area contributed by atoms with Gasteiger partial charge in [-0.15, -0.1) is 0 Å². The van der Waals surface area contributed by atoms with Gasteiger partial charge in [0.1, 0.15) is 5.75 Å². The number of likely N-dealkylation sites (N-methyl/N-ethyl adjacent to an activating group) is 1. The Bertz CT molecular complexity index is 542. The molecule has 20 heavy (non-hydrogen) atoms. The van der Waals surface area contributed by atoms with E-state index >= 15 is 0 Å². The van der Waals surface area contributed by atoms with Gasteiger partial charge in [0.15, 0.2) is 0 Å².